The molecule has 24 heavy (non-hydrogen) atoms. The molecule has 5 heteroatoms. The minimum Gasteiger partial charge on any atom is -0.486 e. The molecule has 120 valence electrons. The highest BCUT2D eigenvalue weighted by Crippen LogP contribution is 2.38. The molecule has 0 saturated heterocycles. The number of halogens is 1. The van der Waals surface area contributed by atoms with Crippen molar-refractivity contribution in [3.63, 3.8) is 0 Å². The SMILES string of the molecule is O=C(Nc1cc2c(cc1Br)OCCO2)c1ccc2ccccc2c1. The van der Waals surface area contributed by atoms with Crippen molar-refractivity contribution in [2.75, 3.05) is 18.5 Å². The molecule has 4 nitrogen and oxygen atoms in total. The highest BCUT2D eigenvalue weighted by Gasteiger charge is 2.16. The molecule has 1 heterocycles. The fourth-order valence-electron chi connectivity index (χ4n) is 2.68. The second-order valence-electron chi connectivity index (χ2n) is 5.49. The van der Waals surface area contributed by atoms with Crippen molar-refractivity contribution in [3.8, 4) is 11.5 Å². The van der Waals surface area contributed by atoms with Crippen LogP contribution in [0.25, 0.3) is 10.8 Å². The van der Waals surface area contributed by atoms with Gasteiger partial charge in [0.15, 0.2) is 11.5 Å². The Labute approximate surface area is 147 Å². The summed E-state index contributed by atoms with van der Waals surface area (Å²) in [6.45, 7) is 1.04. The Morgan fingerprint density at radius 1 is 0.917 bits per heavy atom. The van der Waals surface area contributed by atoms with Crippen LogP contribution in [0.1, 0.15) is 10.4 Å². The highest BCUT2D eigenvalue weighted by molar-refractivity contribution is 9.10. The average molecular weight is 384 g/mol. The van der Waals surface area contributed by atoms with Crippen molar-refractivity contribution < 1.29 is 14.3 Å². The smallest absolute Gasteiger partial charge is 0.255 e. The minimum atomic E-state index is -0.168. The molecular formula is C19H14BrNO3. The molecule has 1 amide bonds. The normalized spacial score (nSPS) is 12.9. The lowest BCUT2D eigenvalue weighted by Gasteiger charge is -2.20. The van der Waals surface area contributed by atoms with E-state index in [9.17, 15) is 4.79 Å². The van der Waals surface area contributed by atoms with Gasteiger partial charge in [0.2, 0.25) is 0 Å². The molecule has 4 rings (SSSR count). The lowest BCUT2D eigenvalue weighted by Crippen LogP contribution is -2.17. The number of hydrogen-bond donors (Lipinski definition) is 1. The number of nitrogens with one attached hydrogen (secondary N) is 1. The zero-order valence-electron chi connectivity index (χ0n) is 12.7. The Hall–Kier alpha value is -2.53. The summed E-state index contributed by atoms with van der Waals surface area (Å²) in [4.78, 5) is 12.6. The fraction of sp³-hybridized carbons (Fsp3) is 0.105. The van der Waals surface area contributed by atoms with Gasteiger partial charge in [0, 0.05) is 22.2 Å². The van der Waals surface area contributed by atoms with Crippen molar-refractivity contribution in [2.45, 2.75) is 0 Å². The van der Waals surface area contributed by atoms with E-state index in [4.69, 9.17) is 9.47 Å². The Morgan fingerprint density at radius 2 is 1.62 bits per heavy atom. The first-order valence-corrected chi connectivity index (χ1v) is 8.39. The Bertz CT molecular complexity index is 939. The minimum absolute atomic E-state index is 0.168. The van der Waals surface area contributed by atoms with E-state index in [1.807, 2.05) is 48.5 Å². The molecule has 0 saturated carbocycles. The third-order valence-electron chi connectivity index (χ3n) is 3.89. The highest BCUT2D eigenvalue weighted by atomic mass is 79.9. The van der Waals surface area contributed by atoms with Crippen LogP contribution in [0.2, 0.25) is 0 Å². The zero-order chi connectivity index (χ0) is 16.5. The molecule has 0 fully saturated rings. The number of benzene rings is 3. The van der Waals surface area contributed by atoms with Crippen LogP contribution in [-0.2, 0) is 0 Å². The van der Waals surface area contributed by atoms with Gasteiger partial charge in [-0.15, -0.1) is 0 Å². The Kier molecular flexibility index (Phi) is 3.86. The zero-order valence-corrected chi connectivity index (χ0v) is 14.3. The number of ether oxygens (including phenoxy) is 2. The average Bonchev–Trinajstić information content (AvgIpc) is 2.62. The topological polar surface area (TPSA) is 47.6 Å². The van der Waals surface area contributed by atoms with Crippen LogP contribution in [0, 0.1) is 0 Å². The van der Waals surface area contributed by atoms with Crippen LogP contribution in [-0.4, -0.2) is 19.1 Å². The maximum Gasteiger partial charge on any atom is 0.255 e. The summed E-state index contributed by atoms with van der Waals surface area (Å²) < 4.78 is 11.8. The summed E-state index contributed by atoms with van der Waals surface area (Å²) in [5.74, 6) is 1.15. The lowest BCUT2D eigenvalue weighted by atomic mass is 10.1. The van der Waals surface area contributed by atoms with E-state index in [1.165, 1.54) is 0 Å². The summed E-state index contributed by atoms with van der Waals surface area (Å²) in [6, 6.07) is 17.2. The van der Waals surface area contributed by atoms with Crippen molar-refractivity contribution >= 4 is 38.3 Å². The van der Waals surface area contributed by atoms with Gasteiger partial charge >= 0.3 is 0 Å². The van der Waals surface area contributed by atoms with Gasteiger partial charge in [-0.25, -0.2) is 0 Å². The molecule has 3 aromatic carbocycles. The van der Waals surface area contributed by atoms with E-state index in [1.54, 1.807) is 6.07 Å². The number of amides is 1. The monoisotopic (exact) mass is 383 g/mol. The molecule has 0 unspecified atom stereocenters. The number of anilines is 1. The van der Waals surface area contributed by atoms with E-state index in [0.29, 0.717) is 36.0 Å². The fourth-order valence-corrected chi connectivity index (χ4v) is 3.11. The number of hydrogen-bond acceptors (Lipinski definition) is 3. The molecule has 0 radical (unpaired) electrons. The largest absolute Gasteiger partial charge is 0.486 e. The van der Waals surface area contributed by atoms with Crippen LogP contribution in [0.3, 0.4) is 0 Å². The van der Waals surface area contributed by atoms with Crippen molar-refractivity contribution in [1.82, 2.24) is 0 Å². The maximum atomic E-state index is 12.6. The van der Waals surface area contributed by atoms with E-state index in [2.05, 4.69) is 21.2 Å². The summed E-state index contributed by atoms with van der Waals surface area (Å²) in [5.41, 5.74) is 1.26. The summed E-state index contributed by atoms with van der Waals surface area (Å²) in [7, 11) is 0. The van der Waals surface area contributed by atoms with Gasteiger partial charge < -0.3 is 14.8 Å². The van der Waals surface area contributed by atoms with Crippen molar-refractivity contribution in [1.29, 1.82) is 0 Å². The second kappa shape index (κ2) is 6.17. The molecule has 0 aliphatic carbocycles. The molecule has 1 N–H and O–H groups in total. The molecule has 3 aromatic rings. The molecule has 0 bridgehead atoms. The standard InChI is InChI=1S/C19H14BrNO3/c20-15-10-17-18(24-8-7-23-17)11-16(15)21-19(22)14-6-5-12-3-1-2-4-13(12)9-14/h1-6,9-11H,7-8H2,(H,21,22). The molecule has 0 atom stereocenters. The van der Waals surface area contributed by atoms with Gasteiger partial charge in [-0.1, -0.05) is 30.3 Å². The molecular weight excluding hydrogens is 370 g/mol. The van der Waals surface area contributed by atoms with E-state index < -0.39 is 0 Å². The molecule has 1 aliphatic heterocycles. The Morgan fingerprint density at radius 3 is 2.42 bits per heavy atom. The summed E-state index contributed by atoms with van der Waals surface area (Å²) >= 11 is 3.47. The van der Waals surface area contributed by atoms with Gasteiger partial charge in [0.25, 0.3) is 5.91 Å². The van der Waals surface area contributed by atoms with Gasteiger partial charge in [-0.2, -0.15) is 0 Å². The van der Waals surface area contributed by atoms with Crippen LogP contribution in [0.5, 0.6) is 11.5 Å². The van der Waals surface area contributed by atoms with Gasteiger partial charge in [0.1, 0.15) is 13.2 Å². The molecule has 1 aliphatic rings. The third-order valence-corrected chi connectivity index (χ3v) is 4.55. The summed E-state index contributed by atoms with van der Waals surface area (Å²) in [5, 5.41) is 5.06. The summed E-state index contributed by atoms with van der Waals surface area (Å²) in [6.07, 6.45) is 0. The number of carbonyl (C=O) groups is 1. The van der Waals surface area contributed by atoms with Crippen LogP contribution >= 0.6 is 15.9 Å². The van der Waals surface area contributed by atoms with Crippen molar-refractivity contribution in [2.24, 2.45) is 0 Å². The third kappa shape index (κ3) is 2.83. The molecule has 0 spiro atoms. The second-order valence-corrected chi connectivity index (χ2v) is 6.35. The maximum absolute atomic E-state index is 12.6. The quantitative estimate of drug-likeness (QED) is 0.701. The van der Waals surface area contributed by atoms with Crippen molar-refractivity contribution in [3.05, 3.63) is 64.6 Å². The first-order chi connectivity index (χ1) is 11.7. The van der Waals surface area contributed by atoms with Crippen LogP contribution in [0.4, 0.5) is 5.69 Å². The first-order valence-electron chi connectivity index (χ1n) is 7.60. The van der Waals surface area contributed by atoms with Gasteiger partial charge in [0.05, 0.1) is 5.69 Å². The van der Waals surface area contributed by atoms with E-state index >= 15 is 0 Å². The predicted octanol–water partition coefficient (Wildman–Crippen LogP) is 4.63. The van der Waals surface area contributed by atoms with Gasteiger partial charge in [-0.3, -0.25) is 4.79 Å². The first kappa shape index (κ1) is 15.0. The number of fused-ring (bicyclic) bond motifs is 2. The van der Waals surface area contributed by atoms with E-state index in [-0.39, 0.29) is 5.91 Å². The van der Waals surface area contributed by atoms with Gasteiger partial charge in [-0.05, 0) is 38.8 Å². The lowest BCUT2D eigenvalue weighted by molar-refractivity contribution is 0.102. The van der Waals surface area contributed by atoms with E-state index in [0.717, 1.165) is 15.2 Å². The van der Waals surface area contributed by atoms with Crippen LogP contribution < -0.4 is 14.8 Å². The van der Waals surface area contributed by atoms with Crippen LogP contribution in [0.15, 0.2) is 59.1 Å². The predicted molar refractivity (Wildman–Crippen MR) is 97.0 cm³/mol. The Balaban J connectivity index is 1.63. The number of rotatable bonds is 2. The number of carbonyl (C=O) groups excluding carboxylic acids is 1. The molecule has 0 aromatic heterocycles.